The molecule has 1 fully saturated rings. The molecule has 3 rings (SSSR count). The molecule has 0 aliphatic carbocycles. The van der Waals surface area contributed by atoms with Crippen molar-refractivity contribution in [2.75, 3.05) is 19.6 Å². The summed E-state index contributed by atoms with van der Waals surface area (Å²) < 4.78 is 1.72. The van der Waals surface area contributed by atoms with E-state index in [2.05, 4.69) is 24.1 Å². The van der Waals surface area contributed by atoms with E-state index in [1.54, 1.807) is 10.6 Å². The topological polar surface area (TPSA) is 66.7 Å². The van der Waals surface area contributed by atoms with E-state index in [1.807, 2.05) is 23.1 Å². The Balaban J connectivity index is 1.87. The first-order valence-electron chi connectivity index (χ1n) is 9.62. The molecule has 0 saturated carbocycles. The Kier molecular flexibility index (Phi) is 5.91. The summed E-state index contributed by atoms with van der Waals surface area (Å²) in [5.41, 5.74) is 1.07. The van der Waals surface area contributed by atoms with Gasteiger partial charge in [-0.3, -0.25) is 14.0 Å². The number of nitrogens with zero attached hydrogens (tertiary/aromatic N) is 3. The van der Waals surface area contributed by atoms with E-state index in [4.69, 9.17) is 0 Å². The number of carbonyl (C=O) groups is 2. The normalized spacial score (nSPS) is 15.3. The van der Waals surface area contributed by atoms with E-state index in [-0.39, 0.29) is 17.6 Å². The predicted octanol–water partition coefficient (Wildman–Crippen LogP) is 3.13. The van der Waals surface area contributed by atoms with Gasteiger partial charge in [0.15, 0.2) is 5.69 Å². The molecule has 26 heavy (non-hydrogen) atoms. The fourth-order valence-corrected chi connectivity index (χ4v) is 3.33. The molecule has 1 aliphatic rings. The molecule has 2 aromatic rings. The smallest absolute Gasteiger partial charge is 0.287 e. The molecule has 3 heterocycles. The van der Waals surface area contributed by atoms with Crippen LogP contribution in [0, 0.1) is 5.92 Å². The summed E-state index contributed by atoms with van der Waals surface area (Å²) in [7, 11) is 0. The average molecular weight is 356 g/mol. The molecular weight excluding hydrogens is 328 g/mol. The standard InChI is InChI=1S/C20H28N4O2/c1-15(2)10-11-21-19(25)18-22-17(16-9-5-8-14-24(16)18)20(26)23-12-6-3-4-7-13-23/h5,8-9,14-15H,3-4,6-7,10-13H2,1-2H3,(H,21,25). The Labute approximate surface area is 154 Å². The van der Waals surface area contributed by atoms with Gasteiger partial charge in [0.25, 0.3) is 11.8 Å². The summed E-state index contributed by atoms with van der Waals surface area (Å²) in [6.07, 6.45) is 7.09. The van der Waals surface area contributed by atoms with Crippen LogP contribution < -0.4 is 5.32 Å². The molecule has 2 aromatic heterocycles. The quantitative estimate of drug-likeness (QED) is 0.895. The number of nitrogens with one attached hydrogen (secondary N) is 1. The van der Waals surface area contributed by atoms with Crippen LogP contribution in [0.25, 0.3) is 5.52 Å². The molecule has 6 nitrogen and oxygen atoms in total. The molecule has 0 bridgehead atoms. The SMILES string of the molecule is CC(C)CCNC(=O)c1nc(C(=O)N2CCCCCC2)c2ccccn12. The second-order valence-corrected chi connectivity index (χ2v) is 7.38. The van der Waals surface area contributed by atoms with Crippen molar-refractivity contribution in [3.8, 4) is 0 Å². The zero-order valence-corrected chi connectivity index (χ0v) is 15.7. The third-order valence-electron chi connectivity index (χ3n) is 4.85. The van der Waals surface area contributed by atoms with Crippen molar-refractivity contribution in [2.24, 2.45) is 5.92 Å². The number of likely N-dealkylation sites (tertiary alicyclic amines) is 1. The lowest BCUT2D eigenvalue weighted by molar-refractivity contribution is 0.0758. The molecule has 0 unspecified atom stereocenters. The van der Waals surface area contributed by atoms with Gasteiger partial charge in [0.05, 0.1) is 5.52 Å². The van der Waals surface area contributed by atoms with Crippen molar-refractivity contribution in [3.63, 3.8) is 0 Å². The summed E-state index contributed by atoms with van der Waals surface area (Å²) in [5, 5.41) is 2.92. The van der Waals surface area contributed by atoms with Gasteiger partial charge < -0.3 is 10.2 Å². The summed E-state index contributed by atoms with van der Waals surface area (Å²) >= 11 is 0. The summed E-state index contributed by atoms with van der Waals surface area (Å²) in [5.74, 6) is 0.494. The highest BCUT2D eigenvalue weighted by molar-refractivity contribution is 6.02. The first kappa shape index (κ1) is 18.4. The van der Waals surface area contributed by atoms with Crippen LogP contribution in [-0.4, -0.2) is 45.7 Å². The van der Waals surface area contributed by atoms with Crippen LogP contribution in [0.1, 0.15) is 67.1 Å². The number of carbonyl (C=O) groups excluding carboxylic acids is 2. The number of hydrogen-bond acceptors (Lipinski definition) is 3. The van der Waals surface area contributed by atoms with Crippen molar-refractivity contribution in [2.45, 2.75) is 46.0 Å². The number of fused-ring (bicyclic) bond motifs is 1. The number of pyridine rings is 1. The fraction of sp³-hybridized carbons (Fsp3) is 0.550. The third-order valence-corrected chi connectivity index (χ3v) is 4.85. The zero-order chi connectivity index (χ0) is 18.5. The van der Waals surface area contributed by atoms with Crippen LogP contribution in [-0.2, 0) is 0 Å². The van der Waals surface area contributed by atoms with Crippen molar-refractivity contribution < 1.29 is 9.59 Å². The Morgan fingerprint density at radius 2 is 1.88 bits per heavy atom. The van der Waals surface area contributed by atoms with Crippen molar-refractivity contribution in [1.29, 1.82) is 0 Å². The maximum atomic E-state index is 13.0. The van der Waals surface area contributed by atoms with E-state index in [0.29, 0.717) is 23.7 Å². The Hall–Kier alpha value is -2.37. The molecule has 0 spiro atoms. The lowest BCUT2D eigenvalue weighted by Gasteiger charge is -2.19. The first-order valence-corrected chi connectivity index (χ1v) is 9.62. The lowest BCUT2D eigenvalue weighted by Crippen LogP contribution is -2.32. The van der Waals surface area contributed by atoms with Crippen LogP contribution in [0.2, 0.25) is 0 Å². The highest BCUT2D eigenvalue weighted by Crippen LogP contribution is 2.18. The van der Waals surface area contributed by atoms with Crippen molar-refractivity contribution in [3.05, 3.63) is 35.9 Å². The van der Waals surface area contributed by atoms with E-state index < -0.39 is 0 Å². The number of rotatable bonds is 5. The van der Waals surface area contributed by atoms with Gasteiger partial charge in [-0.25, -0.2) is 4.98 Å². The molecule has 2 amide bonds. The van der Waals surface area contributed by atoms with Gasteiger partial charge in [0.1, 0.15) is 0 Å². The van der Waals surface area contributed by atoms with Gasteiger partial charge >= 0.3 is 0 Å². The fourth-order valence-electron chi connectivity index (χ4n) is 3.33. The second kappa shape index (κ2) is 8.34. The van der Waals surface area contributed by atoms with Gasteiger partial charge in [-0.05, 0) is 37.3 Å². The van der Waals surface area contributed by atoms with E-state index in [1.165, 1.54) is 0 Å². The molecule has 1 N–H and O–H groups in total. The van der Waals surface area contributed by atoms with Gasteiger partial charge in [0.2, 0.25) is 5.82 Å². The van der Waals surface area contributed by atoms with E-state index in [0.717, 1.165) is 45.2 Å². The van der Waals surface area contributed by atoms with Gasteiger partial charge in [-0.15, -0.1) is 0 Å². The van der Waals surface area contributed by atoms with Gasteiger partial charge in [-0.1, -0.05) is 32.8 Å². The summed E-state index contributed by atoms with van der Waals surface area (Å²) in [6, 6.07) is 5.57. The molecular formula is C20H28N4O2. The predicted molar refractivity (Wildman–Crippen MR) is 101 cm³/mol. The van der Waals surface area contributed by atoms with Crippen molar-refractivity contribution in [1.82, 2.24) is 19.6 Å². The van der Waals surface area contributed by atoms with Gasteiger partial charge in [0, 0.05) is 25.8 Å². The van der Waals surface area contributed by atoms with Gasteiger partial charge in [-0.2, -0.15) is 0 Å². The molecule has 1 aliphatic heterocycles. The maximum absolute atomic E-state index is 13.0. The minimum Gasteiger partial charge on any atom is -0.349 e. The Morgan fingerprint density at radius 1 is 1.15 bits per heavy atom. The van der Waals surface area contributed by atoms with Crippen molar-refractivity contribution >= 4 is 17.3 Å². The average Bonchev–Trinajstić information content (AvgIpc) is 2.81. The molecule has 1 saturated heterocycles. The number of amides is 2. The molecule has 6 heteroatoms. The first-order chi connectivity index (χ1) is 12.6. The summed E-state index contributed by atoms with van der Waals surface area (Å²) in [6.45, 7) is 6.37. The highest BCUT2D eigenvalue weighted by Gasteiger charge is 2.25. The molecule has 140 valence electrons. The largest absolute Gasteiger partial charge is 0.349 e. The number of hydrogen-bond donors (Lipinski definition) is 1. The minimum absolute atomic E-state index is 0.0724. The second-order valence-electron chi connectivity index (χ2n) is 7.38. The van der Waals surface area contributed by atoms with Crippen LogP contribution in [0.4, 0.5) is 0 Å². The number of imidazole rings is 1. The lowest BCUT2D eigenvalue weighted by atomic mass is 10.1. The Morgan fingerprint density at radius 3 is 2.58 bits per heavy atom. The molecule has 0 aromatic carbocycles. The van der Waals surface area contributed by atoms with Crippen LogP contribution >= 0.6 is 0 Å². The molecule has 0 radical (unpaired) electrons. The van der Waals surface area contributed by atoms with Crippen LogP contribution in [0.3, 0.4) is 0 Å². The van der Waals surface area contributed by atoms with Crippen LogP contribution in [0.5, 0.6) is 0 Å². The minimum atomic E-state index is -0.234. The third kappa shape index (κ3) is 4.06. The summed E-state index contributed by atoms with van der Waals surface area (Å²) in [4.78, 5) is 31.9. The van der Waals surface area contributed by atoms with E-state index in [9.17, 15) is 9.59 Å². The maximum Gasteiger partial charge on any atom is 0.287 e. The molecule has 0 atom stereocenters. The zero-order valence-electron chi connectivity index (χ0n) is 15.7. The van der Waals surface area contributed by atoms with Crippen LogP contribution in [0.15, 0.2) is 24.4 Å². The monoisotopic (exact) mass is 356 g/mol. The Bertz CT molecular complexity index is 773. The number of aromatic nitrogens is 2. The highest BCUT2D eigenvalue weighted by atomic mass is 16.2. The van der Waals surface area contributed by atoms with E-state index >= 15 is 0 Å².